The number of carbonyl (C=O) groups excluding carboxylic acids is 2. The number of fused-ring (bicyclic) bond motifs is 1. The first-order chi connectivity index (χ1) is 11.8. The minimum atomic E-state index is -0.939. The van der Waals surface area contributed by atoms with E-state index in [1.807, 2.05) is 39.9 Å². The maximum atomic E-state index is 12.4. The third-order valence-electron chi connectivity index (χ3n) is 4.28. The Labute approximate surface area is 158 Å². The van der Waals surface area contributed by atoms with Gasteiger partial charge in [0, 0.05) is 35.9 Å². The van der Waals surface area contributed by atoms with Crippen molar-refractivity contribution < 1.29 is 14.3 Å². The summed E-state index contributed by atoms with van der Waals surface area (Å²) in [5, 5.41) is 3.77. The van der Waals surface area contributed by atoms with Crippen LogP contribution in [0.15, 0.2) is 30.5 Å². The monoisotopic (exact) mass is 380 g/mol. The molecule has 3 rings (SSSR count). The van der Waals surface area contributed by atoms with Gasteiger partial charge < -0.3 is 25.3 Å². The summed E-state index contributed by atoms with van der Waals surface area (Å²) in [6, 6.07) is 7.54. The van der Waals surface area contributed by atoms with E-state index in [-0.39, 0.29) is 24.2 Å². The van der Waals surface area contributed by atoms with E-state index in [1.54, 1.807) is 13.8 Å². The van der Waals surface area contributed by atoms with Crippen LogP contribution in [0.1, 0.15) is 13.8 Å². The Morgan fingerprint density at radius 1 is 1.23 bits per heavy atom. The number of nitrogens with two attached hydrogens (primary N) is 1. The molecule has 0 unspecified atom stereocenters. The number of nitrogens with one attached hydrogen (secondary N) is 1. The maximum absolute atomic E-state index is 12.4. The van der Waals surface area contributed by atoms with E-state index in [0.717, 1.165) is 10.9 Å². The molecular formula is C18H25ClN4O3. The topological polar surface area (TPSA) is 89.6 Å². The summed E-state index contributed by atoms with van der Waals surface area (Å²) in [5.74, 6) is -0.156. The lowest BCUT2D eigenvalue weighted by Crippen LogP contribution is -2.45. The van der Waals surface area contributed by atoms with Crippen LogP contribution >= 0.6 is 12.4 Å². The van der Waals surface area contributed by atoms with Gasteiger partial charge in [-0.25, -0.2) is 0 Å². The highest BCUT2D eigenvalue weighted by atomic mass is 35.5. The maximum Gasteiger partial charge on any atom is 0.243 e. The lowest BCUT2D eigenvalue weighted by Gasteiger charge is -2.27. The smallest absolute Gasteiger partial charge is 0.243 e. The average Bonchev–Trinajstić information content (AvgIpc) is 2.97. The average molecular weight is 381 g/mol. The molecule has 1 aromatic heterocycles. The Bertz CT molecular complexity index is 791. The SMILES string of the molecule is CC(C)(N)C(=O)Nc1ccc2c(ccn2CC(=O)N2CCOCC2)c1.Cl. The van der Waals surface area contributed by atoms with Crippen molar-refractivity contribution in [1.29, 1.82) is 0 Å². The van der Waals surface area contributed by atoms with E-state index < -0.39 is 5.54 Å². The largest absolute Gasteiger partial charge is 0.378 e. The van der Waals surface area contributed by atoms with Gasteiger partial charge in [0.2, 0.25) is 11.8 Å². The zero-order valence-corrected chi connectivity index (χ0v) is 15.8. The Balaban J connectivity index is 0.00000243. The molecule has 1 fully saturated rings. The number of aromatic nitrogens is 1. The van der Waals surface area contributed by atoms with Gasteiger partial charge in [0.05, 0.1) is 18.8 Å². The Morgan fingerprint density at radius 2 is 1.92 bits per heavy atom. The minimum Gasteiger partial charge on any atom is -0.378 e. The first-order valence-electron chi connectivity index (χ1n) is 8.39. The van der Waals surface area contributed by atoms with Gasteiger partial charge in [-0.05, 0) is 38.1 Å². The molecule has 0 bridgehead atoms. The number of halogens is 1. The number of nitrogens with zero attached hydrogens (tertiary/aromatic N) is 2. The number of amides is 2. The van der Waals surface area contributed by atoms with Crippen molar-refractivity contribution in [2.75, 3.05) is 31.6 Å². The predicted molar refractivity (Wildman–Crippen MR) is 103 cm³/mol. The van der Waals surface area contributed by atoms with Crippen molar-refractivity contribution in [2.45, 2.75) is 25.9 Å². The summed E-state index contributed by atoms with van der Waals surface area (Å²) in [4.78, 5) is 26.2. The summed E-state index contributed by atoms with van der Waals surface area (Å²) in [7, 11) is 0. The van der Waals surface area contributed by atoms with Gasteiger partial charge in [-0.15, -0.1) is 12.4 Å². The van der Waals surface area contributed by atoms with Gasteiger partial charge in [0.15, 0.2) is 0 Å². The second-order valence-corrected chi connectivity index (χ2v) is 6.89. The predicted octanol–water partition coefficient (Wildman–Crippen LogP) is 1.60. The van der Waals surface area contributed by atoms with Gasteiger partial charge in [-0.3, -0.25) is 9.59 Å². The van der Waals surface area contributed by atoms with E-state index in [2.05, 4.69) is 5.32 Å². The molecule has 3 N–H and O–H groups in total. The minimum absolute atomic E-state index is 0. The number of ether oxygens (including phenoxy) is 1. The Hall–Kier alpha value is -2.09. The van der Waals surface area contributed by atoms with E-state index in [1.165, 1.54) is 0 Å². The molecule has 142 valence electrons. The van der Waals surface area contributed by atoms with Gasteiger partial charge in [-0.1, -0.05) is 0 Å². The zero-order valence-electron chi connectivity index (χ0n) is 15.0. The van der Waals surface area contributed by atoms with E-state index >= 15 is 0 Å². The number of carbonyl (C=O) groups is 2. The van der Waals surface area contributed by atoms with Crippen molar-refractivity contribution in [3.8, 4) is 0 Å². The number of rotatable bonds is 4. The van der Waals surface area contributed by atoms with Crippen LogP contribution in [0, 0.1) is 0 Å². The van der Waals surface area contributed by atoms with E-state index in [4.69, 9.17) is 10.5 Å². The first-order valence-corrected chi connectivity index (χ1v) is 8.39. The second-order valence-electron chi connectivity index (χ2n) is 6.89. The quantitative estimate of drug-likeness (QED) is 0.843. The highest BCUT2D eigenvalue weighted by Crippen LogP contribution is 2.21. The van der Waals surface area contributed by atoms with E-state index in [0.29, 0.717) is 38.5 Å². The van der Waals surface area contributed by atoms with Crippen molar-refractivity contribution >= 4 is 40.8 Å². The van der Waals surface area contributed by atoms with Gasteiger partial charge in [-0.2, -0.15) is 0 Å². The lowest BCUT2D eigenvalue weighted by atomic mass is 10.1. The van der Waals surface area contributed by atoms with Crippen LogP contribution in [0.2, 0.25) is 0 Å². The van der Waals surface area contributed by atoms with Crippen LogP contribution in [0.25, 0.3) is 10.9 Å². The second kappa shape index (κ2) is 8.07. The normalized spacial score (nSPS) is 14.8. The molecule has 8 heteroatoms. The molecule has 1 aromatic carbocycles. The molecule has 0 radical (unpaired) electrons. The highest BCUT2D eigenvalue weighted by Gasteiger charge is 2.22. The third-order valence-corrected chi connectivity index (χ3v) is 4.28. The Morgan fingerprint density at radius 3 is 2.58 bits per heavy atom. The number of hydrogen-bond donors (Lipinski definition) is 2. The van der Waals surface area contributed by atoms with Crippen molar-refractivity contribution in [3.63, 3.8) is 0 Å². The molecule has 1 aliphatic heterocycles. The van der Waals surface area contributed by atoms with Gasteiger partial charge in [0.1, 0.15) is 6.54 Å². The Kier molecular flexibility index (Phi) is 6.28. The summed E-state index contributed by atoms with van der Waals surface area (Å²) in [5.41, 5.74) is 6.50. The molecular weight excluding hydrogens is 356 g/mol. The zero-order chi connectivity index (χ0) is 18.0. The molecule has 0 saturated carbocycles. The lowest BCUT2D eigenvalue weighted by molar-refractivity contribution is -0.135. The van der Waals surface area contributed by atoms with Crippen LogP contribution in [-0.2, 0) is 20.9 Å². The molecule has 0 spiro atoms. The van der Waals surface area contributed by atoms with Crippen LogP contribution in [0.3, 0.4) is 0 Å². The molecule has 7 nitrogen and oxygen atoms in total. The fraction of sp³-hybridized carbons (Fsp3) is 0.444. The number of hydrogen-bond acceptors (Lipinski definition) is 4. The summed E-state index contributed by atoms with van der Waals surface area (Å²) in [6.45, 7) is 6.10. The molecule has 2 amide bonds. The van der Waals surface area contributed by atoms with Crippen molar-refractivity contribution in [1.82, 2.24) is 9.47 Å². The van der Waals surface area contributed by atoms with Crippen LogP contribution in [-0.4, -0.2) is 53.1 Å². The van der Waals surface area contributed by atoms with Gasteiger partial charge >= 0.3 is 0 Å². The molecule has 0 aliphatic carbocycles. The highest BCUT2D eigenvalue weighted by molar-refractivity contribution is 5.99. The third kappa shape index (κ3) is 4.55. The fourth-order valence-electron chi connectivity index (χ4n) is 2.77. The number of morpholine rings is 1. The van der Waals surface area contributed by atoms with Gasteiger partial charge in [0.25, 0.3) is 0 Å². The van der Waals surface area contributed by atoms with Crippen LogP contribution in [0.5, 0.6) is 0 Å². The van der Waals surface area contributed by atoms with Crippen LogP contribution in [0.4, 0.5) is 5.69 Å². The summed E-state index contributed by atoms with van der Waals surface area (Å²) >= 11 is 0. The molecule has 2 heterocycles. The first kappa shape index (κ1) is 20.2. The summed E-state index contributed by atoms with van der Waals surface area (Å²) < 4.78 is 7.20. The summed E-state index contributed by atoms with van der Waals surface area (Å²) in [6.07, 6.45) is 1.89. The molecule has 2 aromatic rings. The molecule has 0 atom stereocenters. The number of anilines is 1. The van der Waals surface area contributed by atoms with Crippen molar-refractivity contribution in [3.05, 3.63) is 30.5 Å². The molecule has 26 heavy (non-hydrogen) atoms. The van der Waals surface area contributed by atoms with Crippen molar-refractivity contribution in [2.24, 2.45) is 5.73 Å². The molecule has 1 saturated heterocycles. The standard InChI is InChI=1S/C18H24N4O3.ClH/c1-18(2,19)17(24)20-14-3-4-15-13(11-14)5-6-22(15)12-16(23)21-7-9-25-10-8-21;/h3-6,11H,7-10,12,19H2,1-2H3,(H,20,24);1H. The van der Waals surface area contributed by atoms with Crippen LogP contribution < -0.4 is 11.1 Å². The fourth-order valence-corrected chi connectivity index (χ4v) is 2.77. The molecule has 1 aliphatic rings. The van der Waals surface area contributed by atoms with E-state index in [9.17, 15) is 9.59 Å². The number of benzene rings is 1.